The number of ether oxygens (including phenoxy) is 2. The van der Waals surface area contributed by atoms with Gasteiger partial charge in [0.15, 0.2) is 0 Å². The molecule has 0 saturated carbocycles. The Morgan fingerprint density at radius 1 is 1.40 bits per heavy atom. The lowest BCUT2D eigenvalue weighted by Crippen LogP contribution is -2.44. The molecule has 114 valence electrons. The third kappa shape index (κ3) is 8.12. The van der Waals surface area contributed by atoms with Crippen LogP contribution in [0.3, 0.4) is 0 Å². The fraction of sp³-hybridized carbons (Fsp3) is 0.615. The van der Waals surface area contributed by atoms with Crippen molar-refractivity contribution < 1.29 is 19.1 Å². The van der Waals surface area contributed by atoms with E-state index in [1.54, 1.807) is 27.8 Å². The van der Waals surface area contributed by atoms with Crippen molar-refractivity contribution in [1.82, 2.24) is 10.6 Å². The first-order valence-corrected chi connectivity index (χ1v) is 6.12. The number of carbonyl (C=O) groups excluding carboxylic acids is 2. The predicted octanol–water partition coefficient (Wildman–Crippen LogP) is 1.20. The van der Waals surface area contributed by atoms with Crippen LogP contribution in [-0.2, 0) is 14.3 Å². The zero-order chi connectivity index (χ0) is 15.8. The van der Waals surface area contributed by atoms with Gasteiger partial charge in [0.2, 0.25) is 0 Å². The van der Waals surface area contributed by atoms with Gasteiger partial charge in [0.25, 0.3) is 0 Å². The topological polar surface area (TPSA) is 89.0 Å². The highest BCUT2D eigenvalue weighted by Crippen LogP contribution is 2.08. The molecule has 0 saturated heterocycles. The van der Waals surface area contributed by atoms with Gasteiger partial charge in [-0.15, -0.1) is 0 Å². The number of hydrogen-bond donors (Lipinski definition) is 2. The van der Waals surface area contributed by atoms with Gasteiger partial charge in [-0.2, -0.15) is 0 Å². The van der Waals surface area contributed by atoms with Gasteiger partial charge >= 0.3 is 12.1 Å². The highest BCUT2D eigenvalue weighted by molar-refractivity contribution is 5.81. The number of alkyl carbamates (subject to hydrolysis) is 1. The van der Waals surface area contributed by atoms with Crippen LogP contribution in [-0.4, -0.2) is 44.2 Å². The van der Waals surface area contributed by atoms with E-state index < -0.39 is 23.7 Å². The lowest BCUT2D eigenvalue weighted by atomic mass is 10.1. The molecular formula is C13H23N3O4. The molecule has 7 heteroatoms. The number of amides is 1. The molecule has 1 amide bonds. The quantitative estimate of drug-likeness (QED) is 0.435. The van der Waals surface area contributed by atoms with Crippen LogP contribution in [0.2, 0.25) is 0 Å². The second-order valence-electron chi connectivity index (χ2n) is 5.06. The molecule has 0 aliphatic heterocycles. The first kappa shape index (κ1) is 17.9. The van der Waals surface area contributed by atoms with E-state index in [2.05, 4.69) is 26.9 Å². The van der Waals surface area contributed by atoms with E-state index >= 15 is 0 Å². The highest BCUT2D eigenvalue weighted by Gasteiger charge is 2.25. The average Bonchev–Trinajstić information content (AvgIpc) is 2.32. The largest absolute Gasteiger partial charge is 0.467 e. The van der Waals surface area contributed by atoms with Crippen molar-refractivity contribution in [3.8, 4) is 0 Å². The SMILES string of the molecule is C=C(C[C@H](NC(=O)OC(C)(C)C)C(=O)OC)NC=NC. The molecule has 0 unspecified atom stereocenters. The van der Waals surface area contributed by atoms with E-state index in [-0.39, 0.29) is 6.42 Å². The van der Waals surface area contributed by atoms with Gasteiger partial charge in [-0.3, -0.25) is 4.99 Å². The normalized spacial score (nSPS) is 12.7. The van der Waals surface area contributed by atoms with E-state index in [9.17, 15) is 9.59 Å². The summed E-state index contributed by atoms with van der Waals surface area (Å²) in [6.45, 7) is 8.93. The lowest BCUT2D eigenvalue weighted by Gasteiger charge is -2.22. The summed E-state index contributed by atoms with van der Waals surface area (Å²) in [6, 6.07) is -0.875. The van der Waals surface area contributed by atoms with Crippen LogP contribution in [0.15, 0.2) is 17.3 Å². The molecule has 0 bridgehead atoms. The van der Waals surface area contributed by atoms with Crippen LogP contribution < -0.4 is 10.6 Å². The van der Waals surface area contributed by atoms with E-state index in [1.807, 2.05) is 0 Å². The van der Waals surface area contributed by atoms with Crippen molar-refractivity contribution >= 4 is 18.4 Å². The van der Waals surface area contributed by atoms with Gasteiger partial charge in [-0.25, -0.2) is 9.59 Å². The minimum Gasteiger partial charge on any atom is -0.467 e. The number of esters is 1. The van der Waals surface area contributed by atoms with Crippen molar-refractivity contribution in [2.45, 2.75) is 38.8 Å². The first-order valence-electron chi connectivity index (χ1n) is 6.12. The second kappa shape index (κ2) is 8.19. The monoisotopic (exact) mass is 285 g/mol. The molecule has 0 radical (unpaired) electrons. The van der Waals surface area contributed by atoms with Crippen LogP contribution in [0, 0.1) is 0 Å². The molecule has 1 atom stereocenters. The molecule has 0 heterocycles. The second-order valence-corrected chi connectivity index (χ2v) is 5.06. The summed E-state index contributed by atoms with van der Waals surface area (Å²) in [7, 11) is 2.84. The molecule has 0 aliphatic carbocycles. The average molecular weight is 285 g/mol. The predicted molar refractivity (Wildman–Crippen MR) is 76.5 cm³/mol. The summed E-state index contributed by atoms with van der Waals surface area (Å²) in [4.78, 5) is 27.0. The van der Waals surface area contributed by atoms with Crippen molar-refractivity contribution in [1.29, 1.82) is 0 Å². The Hall–Kier alpha value is -2.05. The van der Waals surface area contributed by atoms with Gasteiger partial charge in [-0.1, -0.05) is 6.58 Å². The number of carbonyl (C=O) groups is 2. The number of methoxy groups -OCH3 is 1. The van der Waals surface area contributed by atoms with Crippen LogP contribution in [0.1, 0.15) is 27.2 Å². The third-order valence-electron chi connectivity index (χ3n) is 2.02. The van der Waals surface area contributed by atoms with Crippen molar-refractivity contribution in [2.24, 2.45) is 4.99 Å². The van der Waals surface area contributed by atoms with Gasteiger partial charge in [0.1, 0.15) is 11.6 Å². The fourth-order valence-electron chi connectivity index (χ4n) is 1.25. The molecule has 0 aliphatic rings. The maximum Gasteiger partial charge on any atom is 0.408 e. The van der Waals surface area contributed by atoms with Gasteiger partial charge in [0, 0.05) is 19.2 Å². The van der Waals surface area contributed by atoms with Gasteiger partial charge < -0.3 is 20.1 Å². The minimum absolute atomic E-state index is 0.165. The maximum absolute atomic E-state index is 11.7. The molecule has 0 aromatic carbocycles. The van der Waals surface area contributed by atoms with Crippen LogP contribution in [0.4, 0.5) is 4.79 Å². The Labute approximate surface area is 119 Å². The molecule has 0 spiro atoms. The summed E-state index contributed by atoms with van der Waals surface area (Å²) in [5.41, 5.74) is -0.128. The maximum atomic E-state index is 11.7. The van der Waals surface area contributed by atoms with Crippen LogP contribution >= 0.6 is 0 Å². The van der Waals surface area contributed by atoms with Crippen molar-refractivity contribution in [2.75, 3.05) is 14.2 Å². The molecule has 20 heavy (non-hydrogen) atoms. The molecule has 2 N–H and O–H groups in total. The van der Waals surface area contributed by atoms with Crippen molar-refractivity contribution in [3.05, 3.63) is 12.3 Å². The molecule has 0 rings (SSSR count). The molecular weight excluding hydrogens is 262 g/mol. The van der Waals surface area contributed by atoms with E-state index in [1.165, 1.54) is 13.4 Å². The molecule has 0 aromatic heterocycles. The van der Waals surface area contributed by atoms with E-state index in [0.717, 1.165) is 0 Å². The summed E-state index contributed by atoms with van der Waals surface area (Å²) in [5.74, 6) is -0.577. The van der Waals surface area contributed by atoms with Crippen molar-refractivity contribution in [3.63, 3.8) is 0 Å². The number of nitrogens with zero attached hydrogens (tertiary/aromatic N) is 1. The first-order chi connectivity index (χ1) is 9.19. The highest BCUT2D eigenvalue weighted by atomic mass is 16.6. The van der Waals surface area contributed by atoms with Crippen LogP contribution in [0.5, 0.6) is 0 Å². The minimum atomic E-state index is -0.875. The third-order valence-corrected chi connectivity index (χ3v) is 2.02. The van der Waals surface area contributed by atoms with Gasteiger partial charge in [-0.05, 0) is 20.8 Å². The summed E-state index contributed by atoms with van der Waals surface area (Å²) in [5, 5.41) is 5.23. The van der Waals surface area contributed by atoms with E-state index in [0.29, 0.717) is 5.70 Å². The Bertz CT molecular complexity index is 386. The lowest BCUT2D eigenvalue weighted by molar-refractivity contribution is -0.143. The molecule has 7 nitrogen and oxygen atoms in total. The Morgan fingerprint density at radius 3 is 2.45 bits per heavy atom. The van der Waals surface area contributed by atoms with Gasteiger partial charge in [0.05, 0.1) is 13.4 Å². The smallest absolute Gasteiger partial charge is 0.408 e. The Balaban J connectivity index is 4.61. The number of aliphatic imine (C=N–C) groups is 1. The van der Waals surface area contributed by atoms with E-state index in [4.69, 9.17) is 4.74 Å². The Kier molecular flexibility index (Phi) is 7.35. The standard InChI is InChI=1S/C13H23N3O4/c1-9(15-8-14-5)7-10(11(17)19-6)16-12(18)20-13(2,3)4/h8,10H,1,7H2,2-6H3,(H,14,15)(H,16,18)/t10-/m0/s1. The number of rotatable bonds is 6. The fourth-order valence-corrected chi connectivity index (χ4v) is 1.25. The zero-order valence-electron chi connectivity index (χ0n) is 12.6. The Morgan fingerprint density at radius 2 is 2.00 bits per heavy atom. The van der Waals surface area contributed by atoms with Crippen LogP contribution in [0.25, 0.3) is 0 Å². The number of hydrogen-bond acceptors (Lipinski definition) is 5. The number of nitrogens with one attached hydrogen (secondary N) is 2. The molecule has 0 fully saturated rings. The molecule has 0 aromatic rings. The summed E-state index contributed by atoms with van der Waals surface area (Å²) < 4.78 is 9.73. The zero-order valence-corrected chi connectivity index (χ0v) is 12.6. The summed E-state index contributed by atoms with van der Waals surface area (Å²) >= 11 is 0. The summed E-state index contributed by atoms with van der Waals surface area (Å²) in [6.07, 6.45) is 0.909.